The Bertz CT molecular complexity index is 1310. The number of nitro benzene ring substituents is 1. The molecule has 2 fully saturated rings. The third-order valence-corrected chi connectivity index (χ3v) is 8.35. The Balaban J connectivity index is 1.50. The highest BCUT2D eigenvalue weighted by molar-refractivity contribution is 8.01. The molecule has 212 valence electrons. The van der Waals surface area contributed by atoms with Crippen LogP contribution in [0.25, 0.3) is 0 Å². The zero-order valence-electron chi connectivity index (χ0n) is 21.9. The summed E-state index contributed by atoms with van der Waals surface area (Å²) in [6.45, 7) is 2.00. The average molecular weight is 574 g/mol. The van der Waals surface area contributed by atoms with Crippen LogP contribution in [0.4, 0.5) is 5.69 Å². The Labute approximate surface area is 233 Å². The van der Waals surface area contributed by atoms with Crippen LogP contribution in [-0.2, 0) is 28.6 Å². The second-order valence-corrected chi connectivity index (χ2v) is 10.9. The van der Waals surface area contributed by atoms with Gasteiger partial charge in [-0.2, -0.15) is 0 Å². The molecule has 0 aliphatic carbocycles. The minimum absolute atomic E-state index is 0.0548. The zero-order valence-corrected chi connectivity index (χ0v) is 22.7. The van der Waals surface area contributed by atoms with Crippen LogP contribution in [0.3, 0.4) is 0 Å². The van der Waals surface area contributed by atoms with E-state index in [2.05, 4.69) is 5.32 Å². The molecule has 2 aliphatic rings. The molecule has 40 heavy (non-hydrogen) atoms. The fraction of sp³-hybridized carbons (Fsp3) is 0.385. The number of esters is 2. The van der Waals surface area contributed by atoms with Crippen LogP contribution in [0.1, 0.15) is 24.2 Å². The monoisotopic (exact) mass is 573 g/mol. The summed E-state index contributed by atoms with van der Waals surface area (Å²) in [5.74, 6) is -1.85. The third kappa shape index (κ3) is 5.45. The van der Waals surface area contributed by atoms with Gasteiger partial charge in [-0.25, -0.2) is 4.79 Å². The minimum Gasteiger partial charge on any atom is -0.484 e. The van der Waals surface area contributed by atoms with Gasteiger partial charge in [0.25, 0.3) is 17.5 Å². The van der Waals surface area contributed by atoms with Crippen molar-refractivity contribution in [2.75, 3.05) is 26.9 Å². The highest BCUT2D eigenvalue weighted by Crippen LogP contribution is 2.57. The Hall–Kier alpha value is -4.17. The lowest BCUT2D eigenvalue weighted by Crippen LogP contribution is -2.76. The number of fused-ring (bicyclic) bond motifs is 1. The average Bonchev–Trinajstić information content (AvgIpc) is 3.18. The first-order valence-electron chi connectivity index (χ1n) is 12.1. The van der Waals surface area contributed by atoms with Crippen molar-refractivity contribution in [3.05, 3.63) is 70.3 Å². The first-order valence-corrected chi connectivity index (χ1v) is 13.0. The summed E-state index contributed by atoms with van der Waals surface area (Å²) in [5, 5.41) is 13.0. The number of benzene rings is 2. The second kappa shape index (κ2) is 11.5. The molecule has 2 aliphatic heterocycles. The van der Waals surface area contributed by atoms with E-state index in [0.29, 0.717) is 5.75 Å². The van der Waals surface area contributed by atoms with E-state index in [1.807, 2.05) is 6.07 Å². The number of amides is 2. The van der Waals surface area contributed by atoms with E-state index in [9.17, 15) is 29.3 Å². The summed E-state index contributed by atoms with van der Waals surface area (Å²) in [6, 6.07) is 12.6. The summed E-state index contributed by atoms with van der Waals surface area (Å²) >= 11 is 1.24. The fourth-order valence-corrected chi connectivity index (χ4v) is 6.33. The summed E-state index contributed by atoms with van der Waals surface area (Å²) in [4.78, 5) is 62.0. The number of nitro groups is 1. The maximum atomic E-state index is 13.3. The molecular weight excluding hydrogens is 546 g/mol. The lowest BCUT2D eigenvalue weighted by Gasteiger charge is -2.50. The van der Waals surface area contributed by atoms with E-state index in [1.54, 1.807) is 31.2 Å². The van der Waals surface area contributed by atoms with Crippen LogP contribution in [-0.4, -0.2) is 82.4 Å². The quantitative estimate of drug-likeness (QED) is 0.181. The largest absolute Gasteiger partial charge is 0.484 e. The number of nitrogens with zero attached hydrogens (tertiary/aromatic N) is 2. The number of nitrogens with one attached hydrogen (secondary N) is 1. The predicted octanol–water partition coefficient (Wildman–Crippen LogP) is 1.89. The molecule has 13 nitrogen and oxygen atoms in total. The molecule has 2 aromatic carbocycles. The van der Waals surface area contributed by atoms with Gasteiger partial charge in [0.05, 0.1) is 10.5 Å². The number of ether oxygens (including phenoxy) is 4. The molecule has 2 heterocycles. The summed E-state index contributed by atoms with van der Waals surface area (Å²) in [5.41, 5.74) is -1.70. The van der Waals surface area contributed by atoms with Gasteiger partial charge in [-0.3, -0.25) is 29.4 Å². The summed E-state index contributed by atoms with van der Waals surface area (Å²) in [7, 11) is 1.33. The fourth-order valence-electron chi connectivity index (χ4n) is 4.54. The lowest BCUT2D eigenvalue weighted by molar-refractivity contribution is -0.384. The highest BCUT2D eigenvalue weighted by atomic mass is 32.2. The van der Waals surface area contributed by atoms with Gasteiger partial charge in [0, 0.05) is 26.2 Å². The molecule has 0 saturated carbocycles. The molecule has 0 radical (unpaired) electrons. The van der Waals surface area contributed by atoms with Crippen molar-refractivity contribution in [2.45, 2.75) is 35.7 Å². The normalized spacial score (nSPS) is 24.9. The molecule has 2 aromatic rings. The number of β-lactam (4-membered cyclic amide) rings is 1. The third-order valence-electron chi connectivity index (χ3n) is 6.67. The molecule has 2 saturated heterocycles. The van der Waals surface area contributed by atoms with Gasteiger partial charge in [0.15, 0.2) is 12.3 Å². The van der Waals surface area contributed by atoms with Crippen LogP contribution >= 0.6 is 11.8 Å². The number of thioether (sulfide) groups is 1. The molecule has 0 aromatic heterocycles. The van der Waals surface area contributed by atoms with E-state index >= 15 is 0 Å². The first kappa shape index (κ1) is 28.8. The molecule has 0 spiro atoms. The van der Waals surface area contributed by atoms with E-state index < -0.39 is 57.2 Å². The summed E-state index contributed by atoms with van der Waals surface area (Å²) in [6.07, 6.45) is 0. The van der Waals surface area contributed by atoms with Crippen molar-refractivity contribution in [2.24, 2.45) is 0 Å². The van der Waals surface area contributed by atoms with Gasteiger partial charge < -0.3 is 24.3 Å². The lowest BCUT2D eigenvalue weighted by atomic mass is 9.91. The molecule has 4 atom stereocenters. The Morgan fingerprint density at radius 1 is 1.07 bits per heavy atom. The molecule has 0 bridgehead atoms. The zero-order chi connectivity index (χ0) is 29.1. The van der Waals surface area contributed by atoms with Gasteiger partial charge >= 0.3 is 11.9 Å². The number of carbonyl (C=O) groups excluding carboxylic acids is 4. The number of para-hydroxylation sites is 1. The second-order valence-electron chi connectivity index (χ2n) is 9.24. The van der Waals surface area contributed by atoms with Crippen LogP contribution in [0.15, 0.2) is 54.6 Å². The SMILES string of the molecule is CO[C@]1(COC(=O)c2ccc([N+](=O)[O-])cc2)N2C(=O)[C@@H](NC(=O)COc3ccccc3)[C@H]2S[C@@]1(C)COC(C)=O. The maximum Gasteiger partial charge on any atom is 0.338 e. The predicted molar refractivity (Wildman–Crippen MR) is 140 cm³/mol. The van der Waals surface area contributed by atoms with E-state index in [4.69, 9.17) is 18.9 Å². The van der Waals surface area contributed by atoms with Crippen molar-refractivity contribution < 1.29 is 43.0 Å². The van der Waals surface area contributed by atoms with Crippen LogP contribution in [0, 0.1) is 10.1 Å². The molecule has 1 N–H and O–H groups in total. The molecular formula is C26H27N3O10S. The number of carbonyl (C=O) groups is 4. The van der Waals surface area contributed by atoms with Gasteiger partial charge in [0.1, 0.15) is 35.1 Å². The van der Waals surface area contributed by atoms with Crippen LogP contribution in [0.2, 0.25) is 0 Å². The number of rotatable bonds is 11. The van der Waals surface area contributed by atoms with Crippen molar-refractivity contribution in [1.29, 1.82) is 0 Å². The number of non-ortho nitro benzene ring substituents is 1. The van der Waals surface area contributed by atoms with E-state index in [1.165, 1.54) is 55.0 Å². The van der Waals surface area contributed by atoms with Crippen molar-refractivity contribution in [1.82, 2.24) is 10.2 Å². The number of methoxy groups -OCH3 is 1. The molecule has 0 unspecified atom stereocenters. The number of hydrogen-bond donors (Lipinski definition) is 1. The molecule has 4 rings (SSSR count). The van der Waals surface area contributed by atoms with Gasteiger partial charge in [-0.15, -0.1) is 11.8 Å². The van der Waals surface area contributed by atoms with Gasteiger partial charge in [-0.1, -0.05) is 18.2 Å². The summed E-state index contributed by atoms with van der Waals surface area (Å²) < 4.78 is 21.0. The van der Waals surface area contributed by atoms with E-state index in [0.717, 1.165) is 0 Å². The maximum absolute atomic E-state index is 13.3. The van der Waals surface area contributed by atoms with Gasteiger partial charge in [-0.05, 0) is 31.2 Å². The van der Waals surface area contributed by atoms with Crippen molar-refractivity contribution in [3.8, 4) is 5.75 Å². The Kier molecular flexibility index (Phi) is 8.30. The van der Waals surface area contributed by atoms with Crippen molar-refractivity contribution in [3.63, 3.8) is 0 Å². The topological polar surface area (TPSA) is 164 Å². The standard InChI is InChI=1S/C26H27N3O10S/c1-16(30)38-14-25(2)26(36-3,15-39-24(33)17-9-11-18(12-10-17)29(34)35)28-22(32)21(23(28)40-25)27-20(31)13-37-19-7-5-4-6-8-19/h4-12,21,23H,13-15H2,1-3H3,(H,27,31)/t21-,23-,25+,26+/m1/s1. The molecule has 2 amide bonds. The van der Waals surface area contributed by atoms with Crippen LogP contribution < -0.4 is 10.1 Å². The van der Waals surface area contributed by atoms with Gasteiger partial charge in [0.2, 0.25) is 0 Å². The highest BCUT2D eigenvalue weighted by Gasteiger charge is 2.72. The Morgan fingerprint density at radius 2 is 1.75 bits per heavy atom. The Morgan fingerprint density at radius 3 is 2.35 bits per heavy atom. The van der Waals surface area contributed by atoms with E-state index in [-0.39, 0.29) is 24.5 Å². The van der Waals surface area contributed by atoms with Crippen molar-refractivity contribution >= 4 is 41.2 Å². The first-order chi connectivity index (χ1) is 19.0. The molecule has 14 heteroatoms. The number of hydrogen-bond acceptors (Lipinski definition) is 11. The van der Waals surface area contributed by atoms with Crippen LogP contribution in [0.5, 0.6) is 5.75 Å². The smallest absolute Gasteiger partial charge is 0.338 e. The minimum atomic E-state index is -1.56.